The number of rotatable bonds is 15. The van der Waals surface area contributed by atoms with Crippen molar-refractivity contribution in [2.75, 3.05) is 0 Å². The highest BCUT2D eigenvalue weighted by molar-refractivity contribution is 4.61. The fourth-order valence-corrected chi connectivity index (χ4v) is 1.07. The maximum atomic E-state index is 8.90. The van der Waals surface area contributed by atoms with Crippen molar-refractivity contribution < 1.29 is 49.6 Å². The van der Waals surface area contributed by atoms with Crippen molar-refractivity contribution in [3.05, 3.63) is 0 Å². The average molecular weight is 386 g/mol. The van der Waals surface area contributed by atoms with E-state index in [9.17, 15) is 0 Å². The molecular formula is C16H34O10. The molecule has 0 aliphatic rings. The van der Waals surface area contributed by atoms with E-state index >= 15 is 0 Å². The summed E-state index contributed by atoms with van der Waals surface area (Å²) in [4.78, 5) is 40.0. The van der Waals surface area contributed by atoms with Crippen LogP contribution in [0, 0.1) is 0 Å². The van der Waals surface area contributed by atoms with Gasteiger partial charge in [-0.25, -0.2) is 20.3 Å². The van der Waals surface area contributed by atoms with E-state index in [1.165, 1.54) is 13.8 Å². The molecule has 4 unspecified atom stereocenters. The number of hydrogen-bond acceptors (Lipinski definition) is 10. The van der Waals surface area contributed by atoms with Gasteiger partial charge in [0.2, 0.25) is 23.1 Å². The summed E-state index contributed by atoms with van der Waals surface area (Å²) in [7, 11) is 0. The zero-order valence-electron chi connectivity index (χ0n) is 17.0. The van der Waals surface area contributed by atoms with Crippen molar-refractivity contribution in [3.63, 3.8) is 0 Å². The summed E-state index contributed by atoms with van der Waals surface area (Å²) < 4.78 is 0. The molecule has 0 saturated carbocycles. The van der Waals surface area contributed by atoms with Crippen molar-refractivity contribution in [2.24, 2.45) is 0 Å². The Hall–Kier alpha value is -0.400. The van der Waals surface area contributed by atoms with Gasteiger partial charge in [-0.15, -0.1) is 0 Å². The lowest BCUT2D eigenvalue weighted by Crippen LogP contribution is -2.43. The van der Waals surface area contributed by atoms with E-state index in [2.05, 4.69) is 9.78 Å². The number of hydrogen-bond donors (Lipinski definition) is 2. The van der Waals surface area contributed by atoms with Gasteiger partial charge in [-0.3, -0.25) is 0 Å². The Labute approximate surface area is 154 Å². The average Bonchev–Trinajstić information content (AvgIpc) is 2.68. The van der Waals surface area contributed by atoms with E-state index in [1.54, 1.807) is 41.5 Å². The normalized spacial score (nSPS) is 21.5. The molecule has 4 atom stereocenters. The third-order valence-corrected chi connectivity index (χ3v) is 4.14. The first-order valence-corrected chi connectivity index (χ1v) is 8.74. The predicted molar refractivity (Wildman–Crippen MR) is 88.7 cm³/mol. The molecule has 0 bridgehead atoms. The van der Waals surface area contributed by atoms with Gasteiger partial charge in [0, 0.05) is 25.7 Å². The van der Waals surface area contributed by atoms with Crippen LogP contribution in [-0.4, -0.2) is 33.7 Å². The van der Waals surface area contributed by atoms with E-state index in [0.29, 0.717) is 25.7 Å². The summed E-state index contributed by atoms with van der Waals surface area (Å²) in [6.45, 7) is 13.2. The third-order valence-electron chi connectivity index (χ3n) is 4.14. The van der Waals surface area contributed by atoms with E-state index in [4.69, 9.17) is 39.8 Å². The van der Waals surface area contributed by atoms with Crippen LogP contribution in [-0.2, 0) is 39.1 Å². The Morgan fingerprint density at radius 3 is 0.808 bits per heavy atom. The summed E-state index contributed by atoms with van der Waals surface area (Å²) in [6.07, 6.45) is 1.33. The van der Waals surface area contributed by atoms with Crippen molar-refractivity contribution in [1.82, 2.24) is 0 Å². The van der Waals surface area contributed by atoms with Crippen LogP contribution in [0.15, 0.2) is 0 Å². The van der Waals surface area contributed by atoms with Crippen LogP contribution in [0.5, 0.6) is 0 Å². The molecule has 0 aromatic rings. The molecule has 2 N–H and O–H groups in total. The van der Waals surface area contributed by atoms with Crippen molar-refractivity contribution in [1.29, 1.82) is 0 Å². The lowest BCUT2D eigenvalue weighted by atomic mass is 10.2. The standard InChI is InChI=1S/C16H34O10/c1-9-13(5,19-17)21-23-15(7,11-3)25-26-16(8,12-4)24-22-14(6,10-2)20-18/h17-18H,9-12H2,1-8H3. The Bertz CT molecular complexity index is 349. The van der Waals surface area contributed by atoms with E-state index in [-0.39, 0.29) is 0 Å². The summed E-state index contributed by atoms with van der Waals surface area (Å²) >= 11 is 0. The second-order valence-electron chi connectivity index (χ2n) is 6.63. The first-order valence-electron chi connectivity index (χ1n) is 8.74. The largest absolute Gasteiger partial charge is 0.249 e. The van der Waals surface area contributed by atoms with E-state index < -0.39 is 23.1 Å². The zero-order valence-corrected chi connectivity index (χ0v) is 17.0. The van der Waals surface area contributed by atoms with Crippen molar-refractivity contribution in [2.45, 2.75) is 104 Å². The summed E-state index contributed by atoms with van der Waals surface area (Å²) in [5.41, 5.74) is 0. The molecule has 10 heteroatoms. The Kier molecular flexibility index (Phi) is 10.6. The van der Waals surface area contributed by atoms with Gasteiger partial charge in [-0.1, -0.05) is 27.7 Å². The molecule has 26 heavy (non-hydrogen) atoms. The van der Waals surface area contributed by atoms with Crippen LogP contribution in [0.1, 0.15) is 81.1 Å². The fourth-order valence-electron chi connectivity index (χ4n) is 1.07. The van der Waals surface area contributed by atoms with E-state index in [0.717, 1.165) is 0 Å². The second kappa shape index (κ2) is 10.8. The van der Waals surface area contributed by atoms with Gasteiger partial charge < -0.3 is 0 Å². The Morgan fingerprint density at radius 2 is 0.654 bits per heavy atom. The van der Waals surface area contributed by atoms with Crippen molar-refractivity contribution >= 4 is 0 Å². The third kappa shape index (κ3) is 8.09. The summed E-state index contributed by atoms with van der Waals surface area (Å²) in [5, 5.41) is 17.8. The molecule has 0 saturated heterocycles. The maximum absolute atomic E-state index is 8.90. The molecule has 0 heterocycles. The molecule has 0 aliphatic carbocycles. The molecule has 0 rings (SSSR count). The van der Waals surface area contributed by atoms with Gasteiger partial charge >= 0.3 is 0 Å². The minimum absolute atomic E-state index is 0.324. The molecular weight excluding hydrogens is 352 g/mol. The smallest absolute Gasteiger partial charge is 0.231 e. The SMILES string of the molecule is CCC(C)(OO)OOC(C)(CC)OOC(C)(CC)OOC(C)(CC)OO. The van der Waals surface area contributed by atoms with Crippen LogP contribution >= 0.6 is 0 Å². The van der Waals surface area contributed by atoms with Gasteiger partial charge in [0.05, 0.1) is 0 Å². The minimum Gasteiger partial charge on any atom is -0.249 e. The predicted octanol–water partition coefficient (Wildman–Crippen LogP) is 4.32. The molecule has 10 nitrogen and oxygen atoms in total. The zero-order chi connectivity index (χ0) is 20.5. The summed E-state index contributed by atoms with van der Waals surface area (Å²) in [6, 6.07) is 0. The first kappa shape index (κ1) is 25.6. The highest BCUT2D eigenvalue weighted by atomic mass is 17.4. The molecule has 0 fully saturated rings. The lowest BCUT2D eigenvalue weighted by Gasteiger charge is -2.35. The van der Waals surface area contributed by atoms with Crippen LogP contribution < -0.4 is 0 Å². The molecule has 0 amide bonds. The molecule has 0 aromatic heterocycles. The highest BCUT2D eigenvalue weighted by Gasteiger charge is 2.39. The second-order valence-corrected chi connectivity index (χ2v) is 6.63. The van der Waals surface area contributed by atoms with Crippen LogP contribution in [0.25, 0.3) is 0 Å². The Morgan fingerprint density at radius 1 is 0.462 bits per heavy atom. The molecule has 0 aromatic carbocycles. The van der Waals surface area contributed by atoms with E-state index in [1.807, 2.05) is 0 Å². The molecule has 158 valence electrons. The fraction of sp³-hybridized carbons (Fsp3) is 1.00. The molecule has 0 radical (unpaired) electrons. The van der Waals surface area contributed by atoms with Crippen LogP contribution in [0.3, 0.4) is 0 Å². The lowest BCUT2D eigenvalue weighted by molar-refractivity contribution is -0.617. The molecule has 0 aliphatic heterocycles. The Balaban J connectivity index is 4.83. The first-order chi connectivity index (χ1) is 12.0. The highest BCUT2D eigenvalue weighted by Crippen LogP contribution is 2.29. The van der Waals surface area contributed by atoms with Crippen LogP contribution in [0.2, 0.25) is 0 Å². The topological polar surface area (TPSA) is 114 Å². The van der Waals surface area contributed by atoms with Crippen LogP contribution in [0.4, 0.5) is 0 Å². The minimum atomic E-state index is -1.35. The monoisotopic (exact) mass is 386 g/mol. The van der Waals surface area contributed by atoms with Crippen molar-refractivity contribution in [3.8, 4) is 0 Å². The van der Waals surface area contributed by atoms with Gasteiger partial charge in [0.15, 0.2) is 0 Å². The quantitative estimate of drug-likeness (QED) is 0.239. The molecule has 0 spiro atoms. The maximum Gasteiger partial charge on any atom is 0.231 e. The van der Waals surface area contributed by atoms with Gasteiger partial charge in [-0.2, -0.15) is 29.3 Å². The van der Waals surface area contributed by atoms with Gasteiger partial charge in [-0.05, 0) is 27.7 Å². The van der Waals surface area contributed by atoms with Gasteiger partial charge in [0.1, 0.15) is 0 Å². The summed E-state index contributed by atoms with van der Waals surface area (Å²) in [5.74, 6) is -5.35. The van der Waals surface area contributed by atoms with Gasteiger partial charge in [0.25, 0.3) is 0 Å².